The molecule has 1 saturated carbocycles. The van der Waals surface area contributed by atoms with Gasteiger partial charge >= 0.3 is 6.03 Å². The molecular formula is C13H24N2OS. The molecule has 2 amide bonds. The Kier molecular flexibility index (Phi) is 4.23. The first-order chi connectivity index (χ1) is 8.07. The fourth-order valence-corrected chi connectivity index (χ4v) is 3.81. The van der Waals surface area contributed by atoms with Crippen LogP contribution in [0.2, 0.25) is 0 Å². The summed E-state index contributed by atoms with van der Waals surface area (Å²) in [6.45, 7) is 6.21. The Morgan fingerprint density at radius 2 is 2.00 bits per heavy atom. The molecule has 1 aliphatic heterocycles. The summed E-state index contributed by atoms with van der Waals surface area (Å²) in [6.07, 6.45) is 6.20. The molecule has 1 saturated heterocycles. The van der Waals surface area contributed by atoms with Crippen molar-refractivity contribution in [3.05, 3.63) is 0 Å². The minimum Gasteiger partial charge on any atom is -0.335 e. The van der Waals surface area contributed by atoms with Crippen molar-refractivity contribution in [1.82, 2.24) is 10.2 Å². The average Bonchev–Trinajstić information content (AvgIpc) is 2.29. The van der Waals surface area contributed by atoms with Gasteiger partial charge < -0.3 is 10.2 Å². The summed E-state index contributed by atoms with van der Waals surface area (Å²) in [6, 6.07) is 0.583. The summed E-state index contributed by atoms with van der Waals surface area (Å²) in [5.41, 5.74) is 0. The van der Waals surface area contributed by atoms with Crippen molar-refractivity contribution in [2.24, 2.45) is 0 Å². The molecule has 2 fully saturated rings. The van der Waals surface area contributed by atoms with Gasteiger partial charge in [-0.25, -0.2) is 4.79 Å². The second-order valence-corrected chi connectivity index (χ2v) is 7.62. The zero-order valence-corrected chi connectivity index (χ0v) is 11.8. The molecule has 2 aliphatic rings. The van der Waals surface area contributed by atoms with Crippen molar-refractivity contribution in [2.45, 2.75) is 56.7 Å². The molecule has 98 valence electrons. The van der Waals surface area contributed by atoms with Crippen LogP contribution in [0.4, 0.5) is 4.79 Å². The van der Waals surface area contributed by atoms with Crippen LogP contribution in [0.3, 0.4) is 0 Å². The molecule has 1 N–H and O–H groups in total. The number of amides is 2. The third kappa shape index (κ3) is 3.80. The van der Waals surface area contributed by atoms with Gasteiger partial charge in [-0.3, -0.25) is 0 Å². The number of rotatable bonds is 1. The van der Waals surface area contributed by atoms with E-state index >= 15 is 0 Å². The van der Waals surface area contributed by atoms with Gasteiger partial charge in [0.15, 0.2) is 0 Å². The SMILES string of the molecule is CC1(C)CN(C(=O)NC2CCCCC2)CCS1. The van der Waals surface area contributed by atoms with Gasteiger partial charge in [0.05, 0.1) is 0 Å². The minimum absolute atomic E-state index is 0.158. The molecule has 2 rings (SSSR count). The van der Waals surface area contributed by atoms with Gasteiger partial charge in [0, 0.05) is 29.6 Å². The highest BCUT2D eigenvalue weighted by Gasteiger charge is 2.30. The van der Waals surface area contributed by atoms with Crippen LogP contribution in [0.25, 0.3) is 0 Å². The van der Waals surface area contributed by atoms with Crippen LogP contribution in [0.15, 0.2) is 0 Å². The largest absolute Gasteiger partial charge is 0.335 e. The molecule has 1 heterocycles. The summed E-state index contributed by atoms with van der Waals surface area (Å²) >= 11 is 1.97. The van der Waals surface area contributed by atoms with E-state index in [1.54, 1.807) is 0 Å². The van der Waals surface area contributed by atoms with Crippen molar-refractivity contribution in [2.75, 3.05) is 18.8 Å². The van der Waals surface area contributed by atoms with E-state index < -0.39 is 0 Å². The van der Waals surface area contributed by atoms with E-state index in [1.165, 1.54) is 19.3 Å². The highest BCUT2D eigenvalue weighted by atomic mass is 32.2. The van der Waals surface area contributed by atoms with E-state index in [-0.39, 0.29) is 10.8 Å². The van der Waals surface area contributed by atoms with Crippen molar-refractivity contribution < 1.29 is 4.79 Å². The highest BCUT2D eigenvalue weighted by Crippen LogP contribution is 2.29. The maximum Gasteiger partial charge on any atom is 0.317 e. The first-order valence-corrected chi connectivity index (χ1v) is 7.75. The molecule has 0 aromatic carbocycles. The Bertz CT molecular complexity index is 275. The fraction of sp³-hybridized carbons (Fsp3) is 0.923. The van der Waals surface area contributed by atoms with Crippen LogP contribution in [0, 0.1) is 0 Å². The lowest BCUT2D eigenvalue weighted by Crippen LogP contribution is -2.52. The monoisotopic (exact) mass is 256 g/mol. The standard InChI is InChI=1S/C13H24N2OS/c1-13(2)10-15(8-9-17-13)12(16)14-11-6-4-3-5-7-11/h11H,3-10H2,1-2H3,(H,14,16). The second-order valence-electron chi connectivity index (χ2n) is 5.81. The minimum atomic E-state index is 0.158. The third-order valence-corrected chi connectivity index (χ3v) is 4.94. The lowest BCUT2D eigenvalue weighted by molar-refractivity contribution is 0.187. The molecule has 0 unspecified atom stereocenters. The predicted molar refractivity (Wildman–Crippen MR) is 73.5 cm³/mol. The molecule has 0 radical (unpaired) electrons. The summed E-state index contributed by atoms with van der Waals surface area (Å²) in [4.78, 5) is 14.2. The predicted octanol–water partition coefficient (Wildman–Crippen LogP) is 2.86. The Morgan fingerprint density at radius 1 is 1.29 bits per heavy atom. The summed E-state index contributed by atoms with van der Waals surface area (Å²) in [5, 5.41) is 3.20. The quantitative estimate of drug-likeness (QED) is 0.782. The smallest absolute Gasteiger partial charge is 0.317 e. The molecule has 0 aromatic heterocycles. The number of hydrogen-bond acceptors (Lipinski definition) is 2. The molecule has 0 aromatic rings. The van der Waals surface area contributed by atoms with Crippen LogP contribution in [-0.4, -0.2) is 40.6 Å². The normalized spacial score (nSPS) is 25.6. The van der Waals surface area contributed by atoms with Gasteiger partial charge in [-0.15, -0.1) is 0 Å². The maximum absolute atomic E-state index is 12.2. The van der Waals surface area contributed by atoms with E-state index in [2.05, 4.69) is 19.2 Å². The average molecular weight is 256 g/mol. The number of carbonyl (C=O) groups excluding carboxylic acids is 1. The second kappa shape index (κ2) is 5.51. The zero-order valence-electron chi connectivity index (χ0n) is 11.0. The van der Waals surface area contributed by atoms with Gasteiger partial charge in [0.2, 0.25) is 0 Å². The number of hydrogen-bond donors (Lipinski definition) is 1. The number of carbonyl (C=O) groups is 1. The molecule has 0 atom stereocenters. The number of nitrogens with zero attached hydrogens (tertiary/aromatic N) is 1. The lowest BCUT2D eigenvalue weighted by atomic mass is 9.96. The van der Waals surface area contributed by atoms with Crippen LogP contribution in [0.5, 0.6) is 0 Å². The topological polar surface area (TPSA) is 32.3 Å². The first-order valence-electron chi connectivity index (χ1n) is 6.76. The summed E-state index contributed by atoms with van der Waals surface area (Å²) < 4.78 is 0.210. The van der Waals surface area contributed by atoms with Crippen LogP contribution >= 0.6 is 11.8 Å². The number of thioether (sulfide) groups is 1. The van der Waals surface area contributed by atoms with Crippen LogP contribution in [0.1, 0.15) is 46.0 Å². The van der Waals surface area contributed by atoms with Crippen molar-refractivity contribution >= 4 is 17.8 Å². The van der Waals surface area contributed by atoms with Gasteiger partial charge in [-0.05, 0) is 26.7 Å². The van der Waals surface area contributed by atoms with Gasteiger partial charge in [-0.2, -0.15) is 11.8 Å². The summed E-state index contributed by atoms with van der Waals surface area (Å²) in [7, 11) is 0. The molecule has 4 heteroatoms. The highest BCUT2D eigenvalue weighted by molar-refractivity contribution is 8.00. The molecule has 0 spiro atoms. The maximum atomic E-state index is 12.2. The fourth-order valence-electron chi connectivity index (χ4n) is 2.70. The van der Waals surface area contributed by atoms with E-state index in [9.17, 15) is 4.79 Å². The Balaban J connectivity index is 1.82. The molecule has 17 heavy (non-hydrogen) atoms. The molecular weight excluding hydrogens is 232 g/mol. The van der Waals surface area contributed by atoms with Crippen molar-refractivity contribution in [3.8, 4) is 0 Å². The van der Waals surface area contributed by atoms with Gasteiger partial charge in [0.25, 0.3) is 0 Å². The van der Waals surface area contributed by atoms with Crippen LogP contribution < -0.4 is 5.32 Å². The van der Waals surface area contributed by atoms with E-state index in [0.29, 0.717) is 6.04 Å². The lowest BCUT2D eigenvalue weighted by Gasteiger charge is -2.38. The van der Waals surface area contributed by atoms with Crippen LogP contribution in [-0.2, 0) is 0 Å². The zero-order chi connectivity index (χ0) is 12.3. The van der Waals surface area contributed by atoms with Gasteiger partial charge in [0.1, 0.15) is 0 Å². The van der Waals surface area contributed by atoms with E-state index in [1.807, 2.05) is 16.7 Å². The first kappa shape index (κ1) is 13.1. The number of nitrogens with one attached hydrogen (secondary N) is 1. The molecule has 3 nitrogen and oxygen atoms in total. The summed E-state index contributed by atoms with van der Waals surface area (Å²) in [5.74, 6) is 1.06. The van der Waals surface area contributed by atoms with Gasteiger partial charge in [-0.1, -0.05) is 19.3 Å². The van der Waals surface area contributed by atoms with Crippen molar-refractivity contribution in [3.63, 3.8) is 0 Å². The Morgan fingerprint density at radius 3 is 2.65 bits per heavy atom. The van der Waals surface area contributed by atoms with Crippen molar-refractivity contribution in [1.29, 1.82) is 0 Å². The van der Waals surface area contributed by atoms with E-state index in [0.717, 1.165) is 31.7 Å². The third-order valence-electron chi connectivity index (χ3n) is 3.65. The van der Waals surface area contributed by atoms with E-state index in [4.69, 9.17) is 0 Å². The molecule has 0 bridgehead atoms. The Labute approximate surface area is 109 Å². The molecule has 1 aliphatic carbocycles. The number of urea groups is 1. The Hall–Kier alpha value is -0.380.